The Morgan fingerprint density at radius 3 is 2.96 bits per heavy atom. The zero-order chi connectivity index (χ0) is 16.6. The Balaban J connectivity index is 1.97. The Hall–Kier alpha value is -1.95. The Kier molecular flexibility index (Phi) is 4.35. The minimum Gasteiger partial charge on any atom is -0.349 e. The summed E-state index contributed by atoms with van der Waals surface area (Å²) in [5, 5.41) is 11.4. The third kappa shape index (κ3) is 3.08. The highest BCUT2D eigenvalue weighted by molar-refractivity contribution is 6.06. The van der Waals surface area contributed by atoms with E-state index in [1.165, 1.54) is 0 Å². The molecule has 1 aliphatic heterocycles. The zero-order valence-electron chi connectivity index (χ0n) is 14.1. The van der Waals surface area contributed by atoms with Gasteiger partial charge in [-0.25, -0.2) is 4.98 Å². The molecule has 3 rings (SSSR count). The fraction of sp³-hybridized carbons (Fsp3) is 0.588. The second kappa shape index (κ2) is 6.28. The van der Waals surface area contributed by atoms with Crippen molar-refractivity contribution in [3.05, 3.63) is 23.0 Å². The summed E-state index contributed by atoms with van der Waals surface area (Å²) in [7, 11) is 0. The summed E-state index contributed by atoms with van der Waals surface area (Å²) in [5.41, 5.74) is 2.60. The molecule has 0 bridgehead atoms. The van der Waals surface area contributed by atoms with E-state index < -0.39 is 0 Å². The van der Waals surface area contributed by atoms with Gasteiger partial charge in [-0.2, -0.15) is 0 Å². The summed E-state index contributed by atoms with van der Waals surface area (Å²) in [6, 6.07) is 2.02. The van der Waals surface area contributed by atoms with Crippen LogP contribution >= 0.6 is 0 Å². The molecule has 6 nitrogen and oxygen atoms in total. The summed E-state index contributed by atoms with van der Waals surface area (Å²) in [6.45, 7) is 9.95. The fourth-order valence-corrected chi connectivity index (χ4v) is 3.14. The van der Waals surface area contributed by atoms with Crippen LogP contribution in [0.1, 0.15) is 54.9 Å². The van der Waals surface area contributed by atoms with Crippen molar-refractivity contribution in [1.82, 2.24) is 20.8 Å². The Bertz CT molecular complexity index is 723. The minimum absolute atomic E-state index is 0.0654. The maximum absolute atomic E-state index is 12.9. The highest BCUT2D eigenvalue weighted by Gasteiger charge is 2.26. The van der Waals surface area contributed by atoms with E-state index in [0.29, 0.717) is 17.2 Å². The summed E-state index contributed by atoms with van der Waals surface area (Å²) < 4.78 is 5.34. The van der Waals surface area contributed by atoms with E-state index in [2.05, 4.69) is 27.7 Å². The van der Waals surface area contributed by atoms with Crippen LogP contribution in [0.4, 0.5) is 0 Å². The highest BCUT2D eigenvalue weighted by Crippen LogP contribution is 2.27. The molecule has 1 saturated heterocycles. The van der Waals surface area contributed by atoms with Gasteiger partial charge in [-0.1, -0.05) is 25.9 Å². The lowest BCUT2D eigenvalue weighted by Gasteiger charge is -2.30. The van der Waals surface area contributed by atoms with Crippen LogP contribution in [0, 0.1) is 12.8 Å². The number of nitrogens with one attached hydrogen (secondary N) is 2. The number of aryl methyl sites for hydroxylation is 1. The molecule has 2 aromatic heterocycles. The lowest BCUT2D eigenvalue weighted by Crippen LogP contribution is -2.48. The Morgan fingerprint density at radius 2 is 2.26 bits per heavy atom. The van der Waals surface area contributed by atoms with E-state index in [-0.39, 0.29) is 17.9 Å². The van der Waals surface area contributed by atoms with Crippen molar-refractivity contribution in [2.75, 3.05) is 13.1 Å². The van der Waals surface area contributed by atoms with Gasteiger partial charge < -0.3 is 15.2 Å². The first-order valence-electron chi connectivity index (χ1n) is 8.26. The number of rotatable bonds is 3. The molecular weight excluding hydrogens is 292 g/mol. The summed E-state index contributed by atoms with van der Waals surface area (Å²) in [4.78, 5) is 17.2. The number of pyridine rings is 1. The molecule has 124 valence electrons. The molecule has 2 N–H and O–H groups in total. The molecule has 0 aromatic carbocycles. The lowest BCUT2D eigenvalue weighted by atomic mass is 9.94. The van der Waals surface area contributed by atoms with Gasteiger partial charge in [0.15, 0.2) is 0 Å². The lowest BCUT2D eigenvalue weighted by molar-refractivity contribution is 0.0915. The predicted octanol–water partition coefficient (Wildman–Crippen LogP) is 2.38. The highest BCUT2D eigenvalue weighted by atomic mass is 16.5. The second-order valence-electron chi connectivity index (χ2n) is 6.76. The van der Waals surface area contributed by atoms with Gasteiger partial charge in [-0.3, -0.25) is 4.79 Å². The quantitative estimate of drug-likeness (QED) is 0.909. The van der Waals surface area contributed by atoms with Crippen LogP contribution in [0.25, 0.3) is 11.1 Å². The largest absolute Gasteiger partial charge is 0.349 e. The molecular formula is C17H24N4O2. The predicted molar refractivity (Wildman–Crippen MR) is 88.5 cm³/mol. The van der Waals surface area contributed by atoms with Crippen molar-refractivity contribution in [2.24, 2.45) is 5.92 Å². The minimum atomic E-state index is -0.0654. The normalized spacial score (nSPS) is 21.8. The number of aromatic nitrogens is 2. The number of hydrogen-bond donors (Lipinski definition) is 2. The zero-order valence-corrected chi connectivity index (χ0v) is 14.1. The van der Waals surface area contributed by atoms with E-state index in [0.717, 1.165) is 36.3 Å². The van der Waals surface area contributed by atoms with Crippen molar-refractivity contribution in [1.29, 1.82) is 0 Å². The molecule has 0 saturated carbocycles. The Labute approximate surface area is 136 Å². The van der Waals surface area contributed by atoms with Gasteiger partial charge in [-0.15, -0.1) is 0 Å². The molecule has 0 aliphatic carbocycles. The molecule has 2 atom stereocenters. The SMILES string of the molecule is Cc1cc(C(=O)NC2CCNCC2C)c2c(C(C)C)noc2n1. The summed E-state index contributed by atoms with van der Waals surface area (Å²) >= 11 is 0. The van der Waals surface area contributed by atoms with E-state index in [1.54, 1.807) is 0 Å². The van der Waals surface area contributed by atoms with Gasteiger partial charge in [0.05, 0.1) is 16.6 Å². The van der Waals surface area contributed by atoms with Crippen molar-refractivity contribution in [3.8, 4) is 0 Å². The van der Waals surface area contributed by atoms with E-state index in [9.17, 15) is 4.79 Å². The standard InChI is InChI=1S/C17H24N4O2/c1-9(2)15-14-12(7-11(4)19-17(14)23-21-15)16(22)20-13-5-6-18-8-10(13)3/h7,9-10,13,18H,5-6,8H2,1-4H3,(H,20,22). The number of piperidine rings is 1. The summed E-state index contributed by atoms with van der Waals surface area (Å²) in [5.74, 6) is 0.521. The maximum Gasteiger partial charge on any atom is 0.259 e. The number of nitrogens with zero attached hydrogens (tertiary/aromatic N) is 2. The molecule has 0 radical (unpaired) electrons. The van der Waals surface area contributed by atoms with Gasteiger partial charge in [0.2, 0.25) is 0 Å². The molecule has 3 heterocycles. The third-order valence-corrected chi connectivity index (χ3v) is 4.49. The fourth-order valence-electron chi connectivity index (χ4n) is 3.14. The molecule has 2 unspecified atom stereocenters. The van der Waals surface area contributed by atoms with Crippen LogP contribution in [0.2, 0.25) is 0 Å². The van der Waals surface area contributed by atoms with Crippen LogP contribution < -0.4 is 10.6 Å². The number of amides is 1. The molecule has 1 aliphatic rings. The van der Waals surface area contributed by atoms with Gasteiger partial charge in [0.1, 0.15) is 0 Å². The maximum atomic E-state index is 12.9. The third-order valence-electron chi connectivity index (χ3n) is 4.49. The number of hydrogen-bond acceptors (Lipinski definition) is 5. The first-order chi connectivity index (χ1) is 11.0. The van der Waals surface area contributed by atoms with Crippen LogP contribution in [-0.4, -0.2) is 35.2 Å². The van der Waals surface area contributed by atoms with Gasteiger partial charge >= 0.3 is 0 Å². The number of carbonyl (C=O) groups excluding carboxylic acids is 1. The number of carbonyl (C=O) groups is 1. The monoisotopic (exact) mass is 316 g/mol. The van der Waals surface area contributed by atoms with Crippen molar-refractivity contribution in [2.45, 2.75) is 46.1 Å². The second-order valence-corrected chi connectivity index (χ2v) is 6.76. The Morgan fingerprint density at radius 1 is 1.48 bits per heavy atom. The van der Waals surface area contributed by atoms with Crippen molar-refractivity contribution < 1.29 is 9.32 Å². The van der Waals surface area contributed by atoms with Crippen molar-refractivity contribution in [3.63, 3.8) is 0 Å². The molecule has 1 amide bonds. The molecule has 0 spiro atoms. The molecule has 2 aromatic rings. The number of fused-ring (bicyclic) bond motifs is 1. The van der Waals surface area contributed by atoms with Crippen LogP contribution in [0.5, 0.6) is 0 Å². The first-order valence-corrected chi connectivity index (χ1v) is 8.26. The van der Waals surface area contributed by atoms with E-state index in [1.807, 2.05) is 26.8 Å². The smallest absolute Gasteiger partial charge is 0.259 e. The van der Waals surface area contributed by atoms with Crippen LogP contribution in [-0.2, 0) is 0 Å². The van der Waals surface area contributed by atoms with Crippen LogP contribution in [0.15, 0.2) is 10.6 Å². The summed E-state index contributed by atoms with van der Waals surface area (Å²) in [6.07, 6.45) is 0.945. The molecule has 23 heavy (non-hydrogen) atoms. The first kappa shape index (κ1) is 15.9. The van der Waals surface area contributed by atoms with E-state index in [4.69, 9.17) is 4.52 Å². The topological polar surface area (TPSA) is 80.0 Å². The van der Waals surface area contributed by atoms with E-state index >= 15 is 0 Å². The molecule has 1 fully saturated rings. The van der Waals surface area contributed by atoms with Crippen LogP contribution in [0.3, 0.4) is 0 Å². The van der Waals surface area contributed by atoms with Gasteiger partial charge in [-0.05, 0) is 44.3 Å². The van der Waals surface area contributed by atoms with Gasteiger partial charge in [0.25, 0.3) is 11.6 Å². The molecule has 6 heteroatoms. The average Bonchev–Trinajstić information content (AvgIpc) is 2.92. The van der Waals surface area contributed by atoms with Gasteiger partial charge in [0, 0.05) is 11.7 Å². The van der Waals surface area contributed by atoms with Crippen molar-refractivity contribution >= 4 is 17.0 Å². The average molecular weight is 316 g/mol.